The number of pyridine rings is 1. The summed E-state index contributed by atoms with van der Waals surface area (Å²) in [6.07, 6.45) is 4.98. The number of amidine groups is 1. The molecule has 1 aromatic heterocycles. The summed E-state index contributed by atoms with van der Waals surface area (Å²) in [5.74, 6) is 1.78. The summed E-state index contributed by atoms with van der Waals surface area (Å²) in [6.45, 7) is 4.72. The van der Waals surface area contributed by atoms with E-state index in [0.717, 1.165) is 25.0 Å². The van der Waals surface area contributed by atoms with E-state index in [2.05, 4.69) is 23.1 Å². The first-order valence-corrected chi connectivity index (χ1v) is 9.07. The van der Waals surface area contributed by atoms with Crippen molar-refractivity contribution in [2.24, 2.45) is 5.16 Å². The Labute approximate surface area is 153 Å². The summed E-state index contributed by atoms with van der Waals surface area (Å²) in [4.78, 5) is 6.41. The number of ether oxygens (including phenoxy) is 2. The van der Waals surface area contributed by atoms with Crippen molar-refractivity contribution >= 4 is 5.84 Å². The molecule has 0 radical (unpaired) electrons. The quantitative estimate of drug-likeness (QED) is 0.397. The van der Waals surface area contributed by atoms with Gasteiger partial charge in [-0.05, 0) is 61.1 Å². The molecule has 1 aromatic carbocycles. The van der Waals surface area contributed by atoms with Crippen molar-refractivity contribution < 1.29 is 14.7 Å². The van der Waals surface area contributed by atoms with Crippen LogP contribution in [0.3, 0.4) is 0 Å². The van der Waals surface area contributed by atoms with Crippen LogP contribution < -0.4 is 4.74 Å². The van der Waals surface area contributed by atoms with E-state index in [1.807, 2.05) is 23.1 Å². The van der Waals surface area contributed by atoms with Gasteiger partial charge in [0.2, 0.25) is 5.88 Å². The zero-order chi connectivity index (χ0) is 17.9. The molecule has 0 atom stereocenters. The van der Waals surface area contributed by atoms with Crippen molar-refractivity contribution in [1.29, 1.82) is 0 Å². The molecule has 6 heteroatoms. The maximum atomic E-state index is 9.64. The van der Waals surface area contributed by atoms with E-state index in [9.17, 15) is 5.21 Å². The van der Waals surface area contributed by atoms with Gasteiger partial charge in [0.25, 0.3) is 0 Å². The fraction of sp³-hybridized carbons (Fsp3) is 0.400. The predicted octanol–water partition coefficient (Wildman–Crippen LogP) is 3.14. The van der Waals surface area contributed by atoms with Gasteiger partial charge in [-0.1, -0.05) is 11.2 Å². The molecule has 4 rings (SSSR count). The lowest BCUT2D eigenvalue weighted by Gasteiger charge is -2.29. The van der Waals surface area contributed by atoms with Gasteiger partial charge in [0.05, 0.1) is 18.8 Å². The summed E-state index contributed by atoms with van der Waals surface area (Å²) >= 11 is 0. The molecule has 1 saturated heterocycles. The number of morpholine rings is 1. The van der Waals surface area contributed by atoms with Crippen LogP contribution in [0.1, 0.15) is 28.7 Å². The number of aromatic nitrogens is 1. The van der Waals surface area contributed by atoms with Crippen LogP contribution in [0.4, 0.5) is 0 Å². The predicted molar refractivity (Wildman–Crippen MR) is 98.2 cm³/mol. The van der Waals surface area contributed by atoms with E-state index in [4.69, 9.17) is 9.47 Å². The van der Waals surface area contributed by atoms with Crippen LogP contribution in [0.2, 0.25) is 0 Å². The molecule has 136 valence electrons. The molecule has 1 aliphatic carbocycles. The van der Waals surface area contributed by atoms with Crippen LogP contribution in [0.25, 0.3) is 0 Å². The molecule has 2 aliphatic rings. The minimum Gasteiger partial charge on any atom is -0.438 e. The van der Waals surface area contributed by atoms with Crippen LogP contribution in [0.5, 0.6) is 11.6 Å². The third-order valence-electron chi connectivity index (χ3n) is 5.10. The van der Waals surface area contributed by atoms with Gasteiger partial charge in [-0.2, -0.15) is 0 Å². The molecule has 0 saturated carbocycles. The minimum absolute atomic E-state index is 0.463. The third kappa shape index (κ3) is 3.12. The van der Waals surface area contributed by atoms with Gasteiger partial charge in [-0.25, -0.2) is 4.98 Å². The third-order valence-corrected chi connectivity index (χ3v) is 5.10. The second kappa shape index (κ2) is 7.33. The second-order valence-corrected chi connectivity index (χ2v) is 6.67. The highest BCUT2D eigenvalue weighted by molar-refractivity contribution is 6.00. The van der Waals surface area contributed by atoms with Crippen LogP contribution >= 0.6 is 0 Å². The number of fused-ring (bicyclic) bond motifs is 1. The van der Waals surface area contributed by atoms with E-state index < -0.39 is 0 Å². The van der Waals surface area contributed by atoms with E-state index in [1.165, 1.54) is 16.7 Å². The number of benzene rings is 1. The SMILES string of the molecule is Cc1ccc(Oc2ncccc2/C(=N/O)N2CCOCC2)c2c1CCC2. The van der Waals surface area contributed by atoms with Crippen molar-refractivity contribution in [3.8, 4) is 11.6 Å². The van der Waals surface area contributed by atoms with Gasteiger partial charge in [0.1, 0.15) is 5.75 Å². The van der Waals surface area contributed by atoms with Crippen molar-refractivity contribution in [2.45, 2.75) is 26.2 Å². The van der Waals surface area contributed by atoms with Gasteiger partial charge in [0, 0.05) is 19.3 Å². The average Bonchev–Trinajstić information content (AvgIpc) is 3.18. The fourth-order valence-corrected chi connectivity index (χ4v) is 3.76. The van der Waals surface area contributed by atoms with Crippen molar-refractivity contribution in [1.82, 2.24) is 9.88 Å². The van der Waals surface area contributed by atoms with Crippen molar-refractivity contribution in [2.75, 3.05) is 26.3 Å². The lowest BCUT2D eigenvalue weighted by Crippen LogP contribution is -2.41. The van der Waals surface area contributed by atoms with Gasteiger partial charge in [0.15, 0.2) is 5.84 Å². The minimum atomic E-state index is 0.463. The highest BCUT2D eigenvalue weighted by Crippen LogP contribution is 2.36. The van der Waals surface area contributed by atoms with E-state index >= 15 is 0 Å². The molecule has 1 N–H and O–H groups in total. The Balaban J connectivity index is 1.68. The Kier molecular flexibility index (Phi) is 4.75. The van der Waals surface area contributed by atoms with Crippen LogP contribution in [0.15, 0.2) is 35.6 Å². The summed E-state index contributed by atoms with van der Waals surface area (Å²) in [6, 6.07) is 7.82. The molecular formula is C20H23N3O3. The van der Waals surface area contributed by atoms with Crippen LogP contribution in [0, 0.1) is 6.92 Å². The molecule has 2 aromatic rings. The zero-order valence-electron chi connectivity index (χ0n) is 14.9. The molecule has 0 spiro atoms. The standard InChI is InChI=1S/C20H23N3O3/c1-14-7-8-18(16-5-2-4-15(14)16)26-20-17(6-3-9-21-20)19(22-24)23-10-12-25-13-11-23/h3,6-9,24H,2,4-5,10-13H2,1H3/b22-19-. The Morgan fingerprint density at radius 2 is 2.00 bits per heavy atom. The average molecular weight is 353 g/mol. The zero-order valence-corrected chi connectivity index (χ0v) is 14.9. The normalized spacial score (nSPS) is 17.3. The molecule has 0 unspecified atom stereocenters. The first-order chi connectivity index (χ1) is 12.8. The van der Waals surface area contributed by atoms with Crippen LogP contribution in [-0.2, 0) is 17.6 Å². The number of hydrogen-bond acceptors (Lipinski definition) is 5. The van der Waals surface area contributed by atoms with E-state index in [0.29, 0.717) is 43.6 Å². The highest BCUT2D eigenvalue weighted by atomic mass is 16.5. The Morgan fingerprint density at radius 1 is 1.19 bits per heavy atom. The first kappa shape index (κ1) is 16.8. The second-order valence-electron chi connectivity index (χ2n) is 6.67. The molecule has 0 bridgehead atoms. The Bertz CT molecular complexity index is 829. The van der Waals surface area contributed by atoms with Crippen molar-refractivity contribution in [3.05, 3.63) is 52.7 Å². The number of nitrogens with zero attached hydrogens (tertiary/aromatic N) is 3. The molecule has 26 heavy (non-hydrogen) atoms. The summed E-state index contributed by atoms with van der Waals surface area (Å²) in [5, 5.41) is 13.2. The van der Waals surface area contributed by atoms with E-state index in [1.54, 1.807) is 6.20 Å². The molecule has 1 aliphatic heterocycles. The monoisotopic (exact) mass is 353 g/mol. The lowest BCUT2D eigenvalue weighted by molar-refractivity contribution is 0.0667. The number of oxime groups is 1. The Morgan fingerprint density at radius 3 is 2.81 bits per heavy atom. The van der Waals surface area contributed by atoms with Gasteiger partial charge < -0.3 is 19.6 Å². The Hall–Kier alpha value is -2.60. The molecule has 1 fully saturated rings. The smallest absolute Gasteiger partial charge is 0.230 e. The maximum Gasteiger partial charge on any atom is 0.230 e. The highest BCUT2D eigenvalue weighted by Gasteiger charge is 2.23. The number of aryl methyl sites for hydroxylation is 1. The van der Waals surface area contributed by atoms with E-state index in [-0.39, 0.29) is 0 Å². The maximum absolute atomic E-state index is 9.64. The molecule has 6 nitrogen and oxygen atoms in total. The molecular weight excluding hydrogens is 330 g/mol. The lowest BCUT2D eigenvalue weighted by atomic mass is 10.0. The summed E-state index contributed by atoms with van der Waals surface area (Å²) in [7, 11) is 0. The van der Waals surface area contributed by atoms with Gasteiger partial charge in [-0.15, -0.1) is 0 Å². The van der Waals surface area contributed by atoms with Gasteiger partial charge in [-0.3, -0.25) is 0 Å². The van der Waals surface area contributed by atoms with Crippen LogP contribution in [-0.4, -0.2) is 47.2 Å². The number of hydrogen-bond donors (Lipinski definition) is 1. The summed E-state index contributed by atoms with van der Waals surface area (Å²) < 4.78 is 11.6. The fourth-order valence-electron chi connectivity index (χ4n) is 3.76. The topological polar surface area (TPSA) is 67.2 Å². The molecule has 2 heterocycles. The first-order valence-electron chi connectivity index (χ1n) is 9.07. The van der Waals surface area contributed by atoms with Gasteiger partial charge >= 0.3 is 0 Å². The van der Waals surface area contributed by atoms with Crippen molar-refractivity contribution in [3.63, 3.8) is 0 Å². The number of rotatable bonds is 3. The largest absolute Gasteiger partial charge is 0.438 e. The summed E-state index contributed by atoms with van der Waals surface area (Å²) in [5.41, 5.74) is 4.67. The molecule has 0 amide bonds.